The summed E-state index contributed by atoms with van der Waals surface area (Å²) in [4.78, 5) is 12.5. The van der Waals surface area contributed by atoms with Crippen LogP contribution in [0, 0.1) is 6.92 Å². The number of hydrogen-bond acceptors (Lipinski definition) is 3. The number of benzene rings is 3. The predicted molar refractivity (Wildman–Crippen MR) is 124 cm³/mol. The number of nitrogens with zero attached hydrogens (tertiary/aromatic N) is 2. The molecule has 5 heteroatoms. The number of carbonyl (C=O) groups is 1. The Labute approximate surface area is 181 Å². The number of carbonyl (C=O) groups excluding carboxylic acids is 1. The minimum Gasteiger partial charge on any atom is -0.496 e. The maximum absolute atomic E-state index is 12.5. The van der Waals surface area contributed by atoms with Crippen molar-refractivity contribution in [2.24, 2.45) is 5.10 Å². The molecule has 0 aliphatic heterocycles. The number of amides is 1. The van der Waals surface area contributed by atoms with Gasteiger partial charge in [0.2, 0.25) is 0 Å². The Morgan fingerprint density at radius 1 is 0.903 bits per heavy atom. The minimum absolute atomic E-state index is 0.273. The van der Waals surface area contributed by atoms with Gasteiger partial charge >= 0.3 is 0 Å². The molecule has 1 aromatic heterocycles. The predicted octanol–water partition coefficient (Wildman–Crippen LogP) is 5.23. The zero-order valence-electron chi connectivity index (χ0n) is 17.4. The van der Waals surface area contributed by atoms with Crippen molar-refractivity contribution in [2.75, 3.05) is 7.11 Å². The summed E-state index contributed by atoms with van der Waals surface area (Å²) in [6.45, 7) is 2.07. The van der Waals surface area contributed by atoms with Gasteiger partial charge in [-0.3, -0.25) is 4.79 Å². The van der Waals surface area contributed by atoms with Crippen molar-refractivity contribution in [1.29, 1.82) is 0 Å². The molecule has 0 saturated carbocycles. The molecule has 0 saturated heterocycles. The largest absolute Gasteiger partial charge is 0.496 e. The molecule has 0 unspecified atom stereocenters. The Bertz CT molecular complexity index is 1210. The van der Waals surface area contributed by atoms with Crippen LogP contribution in [0.4, 0.5) is 0 Å². The standard InChI is InChI=1S/C26H23N3O2/c1-19-12-17-24(20-8-4-3-5-9-20)29(19)23-15-13-21(14-16-23)26(30)28-27-18-22-10-6-7-11-25(22)31-2/h3-18H,1-2H3,(H,28,30)/b27-18+. The van der Waals surface area contributed by atoms with E-state index in [0.717, 1.165) is 28.2 Å². The first-order valence-corrected chi connectivity index (χ1v) is 9.98. The number of nitrogens with one attached hydrogen (secondary N) is 1. The van der Waals surface area contributed by atoms with Gasteiger partial charge < -0.3 is 9.30 Å². The highest BCUT2D eigenvalue weighted by Crippen LogP contribution is 2.26. The molecule has 3 aromatic carbocycles. The molecule has 1 heterocycles. The Balaban J connectivity index is 1.51. The first-order valence-electron chi connectivity index (χ1n) is 9.98. The number of methoxy groups -OCH3 is 1. The lowest BCUT2D eigenvalue weighted by Crippen LogP contribution is -2.17. The first kappa shape index (κ1) is 20.2. The van der Waals surface area contributed by atoms with Crippen molar-refractivity contribution in [3.05, 3.63) is 108 Å². The molecule has 0 fully saturated rings. The first-order chi connectivity index (χ1) is 15.2. The molecule has 154 valence electrons. The third kappa shape index (κ3) is 4.41. The van der Waals surface area contributed by atoms with Gasteiger partial charge in [-0.25, -0.2) is 5.43 Å². The average Bonchev–Trinajstić information content (AvgIpc) is 3.21. The molecular weight excluding hydrogens is 386 g/mol. The second-order valence-corrected chi connectivity index (χ2v) is 7.05. The third-order valence-corrected chi connectivity index (χ3v) is 5.04. The lowest BCUT2D eigenvalue weighted by molar-refractivity contribution is 0.0955. The van der Waals surface area contributed by atoms with E-state index < -0.39 is 0 Å². The lowest BCUT2D eigenvalue weighted by Gasteiger charge is -2.12. The van der Waals surface area contributed by atoms with Gasteiger partial charge in [0.05, 0.1) is 19.0 Å². The van der Waals surface area contributed by atoms with Gasteiger partial charge in [0, 0.05) is 22.5 Å². The van der Waals surface area contributed by atoms with Crippen LogP contribution in [0.25, 0.3) is 16.9 Å². The van der Waals surface area contributed by atoms with E-state index in [1.165, 1.54) is 0 Å². The van der Waals surface area contributed by atoms with Crippen molar-refractivity contribution in [3.63, 3.8) is 0 Å². The van der Waals surface area contributed by atoms with Gasteiger partial charge in [-0.15, -0.1) is 0 Å². The van der Waals surface area contributed by atoms with Crippen LogP contribution in [0.3, 0.4) is 0 Å². The Morgan fingerprint density at radius 2 is 1.61 bits per heavy atom. The monoisotopic (exact) mass is 409 g/mol. The van der Waals surface area contributed by atoms with Gasteiger partial charge in [0.1, 0.15) is 5.75 Å². The van der Waals surface area contributed by atoms with E-state index in [1.54, 1.807) is 25.5 Å². The molecule has 1 amide bonds. The summed E-state index contributed by atoms with van der Waals surface area (Å²) in [7, 11) is 1.60. The van der Waals surface area contributed by atoms with Crippen molar-refractivity contribution >= 4 is 12.1 Å². The lowest BCUT2D eigenvalue weighted by atomic mass is 10.1. The molecule has 0 atom stereocenters. The summed E-state index contributed by atoms with van der Waals surface area (Å²) >= 11 is 0. The normalized spacial score (nSPS) is 10.9. The highest BCUT2D eigenvalue weighted by atomic mass is 16.5. The minimum atomic E-state index is -0.273. The Morgan fingerprint density at radius 3 is 2.35 bits per heavy atom. The van der Waals surface area contributed by atoms with Crippen LogP contribution < -0.4 is 10.2 Å². The van der Waals surface area contributed by atoms with Gasteiger partial charge in [-0.2, -0.15) is 5.10 Å². The summed E-state index contributed by atoms with van der Waals surface area (Å²) in [6.07, 6.45) is 1.57. The molecule has 4 rings (SSSR count). The molecule has 0 spiro atoms. The molecular formula is C26H23N3O2. The fourth-order valence-electron chi connectivity index (χ4n) is 3.48. The van der Waals surface area contributed by atoms with Gasteiger partial charge in [0.25, 0.3) is 5.91 Å². The van der Waals surface area contributed by atoms with E-state index in [1.807, 2.05) is 54.6 Å². The second kappa shape index (κ2) is 9.13. The van der Waals surface area contributed by atoms with Crippen LogP contribution in [-0.2, 0) is 0 Å². The number of hydrazone groups is 1. The van der Waals surface area contributed by atoms with Crippen LogP contribution in [-0.4, -0.2) is 23.8 Å². The third-order valence-electron chi connectivity index (χ3n) is 5.04. The summed E-state index contributed by atoms with van der Waals surface area (Å²) in [6, 6.07) is 29.4. The smallest absolute Gasteiger partial charge is 0.271 e. The molecule has 0 bridgehead atoms. The zero-order chi connectivity index (χ0) is 21.6. The molecule has 1 N–H and O–H groups in total. The van der Waals surface area contributed by atoms with Crippen LogP contribution in [0.2, 0.25) is 0 Å². The van der Waals surface area contributed by atoms with Crippen molar-refractivity contribution in [1.82, 2.24) is 9.99 Å². The summed E-state index contributed by atoms with van der Waals surface area (Å²) in [5, 5.41) is 4.06. The van der Waals surface area contributed by atoms with Crippen molar-refractivity contribution in [3.8, 4) is 22.7 Å². The fourth-order valence-corrected chi connectivity index (χ4v) is 3.48. The van der Waals surface area contributed by atoms with E-state index >= 15 is 0 Å². The van der Waals surface area contributed by atoms with Crippen LogP contribution >= 0.6 is 0 Å². The van der Waals surface area contributed by atoms with E-state index in [0.29, 0.717) is 11.3 Å². The summed E-state index contributed by atoms with van der Waals surface area (Å²) < 4.78 is 7.46. The maximum atomic E-state index is 12.5. The number of aromatic nitrogens is 1. The van der Waals surface area contributed by atoms with E-state index in [-0.39, 0.29) is 5.91 Å². The number of ether oxygens (including phenoxy) is 1. The molecule has 31 heavy (non-hydrogen) atoms. The van der Waals surface area contributed by atoms with Gasteiger partial charge in [-0.1, -0.05) is 42.5 Å². The number of rotatable bonds is 6. The Hall–Kier alpha value is -4.12. The molecule has 4 aromatic rings. The number of para-hydroxylation sites is 1. The number of hydrogen-bond donors (Lipinski definition) is 1. The zero-order valence-corrected chi connectivity index (χ0v) is 17.4. The second-order valence-electron chi connectivity index (χ2n) is 7.05. The Kier molecular flexibility index (Phi) is 5.94. The molecule has 0 aliphatic carbocycles. The average molecular weight is 409 g/mol. The van der Waals surface area contributed by atoms with Crippen molar-refractivity contribution < 1.29 is 9.53 Å². The van der Waals surface area contributed by atoms with E-state index in [9.17, 15) is 4.79 Å². The molecule has 0 radical (unpaired) electrons. The van der Waals surface area contributed by atoms with Crippen molar-refractivity contribution in [2.45, 2.75) is 6.92 Å². The van der Waals surface area contributed by atoms with Crippen LogP contribution in [0.15, 0.2) is 96.1 Å². The van der Waals surface area contributed by atoms with Crippen LogP contribution in [0.5, 0.6) is 5.75 Å². The highest BCUT2D eigenvalue weighted by Gasteiger charge is 2.11. The molecule has 0 aliphatic rings. The topological polar surface area (TPSA) is 55.6 Å². The van der Waals surface area contributed by atoms with Crippen LogP contribution in [0.1, 0.15) is 21.6 Å². The van der Waals surface area contributed by atoms with Gasteiger partial charge in [-0.05, 0) is 61.0 Å². The maximum Gasteiger partial charge on any atom is 0.271 e. The van der Waals surface area contributed by atoms with Gasteiger partial charge in [0.15, 0.2) is 0 Å². The quantitative estimate of drug-likeness (QED) is 0.350. The summed E-state index contributed by atoms with van der Waals surface area (Å²) in [5.74, 6) is 0.423. The molecule has 5 nitrogen and oxygen atoms in total. The summed E-state index contributed by atoms with van der Waals surface area (Å²) in [5.41, 5.74) is 8.26. The van der Waals surface area contributed by atoms with E-state index in [2.05, 4.69) is 46.3 Å². The van der Waals surface area contributed by atoms with E-state index in [4.69, 9.17) is 4.74 Å². The SMILES string of the molecule is COc1ccccc1/C=N/NC(=O)c1ccc(-n2c(C)ccc2-c2ccccc2)cc1. The fraction of sp³-hybridized carbons (Fsp3) is 0.0769. The highest BCUT2D eigenvalue weighted by molar-refractivity contribution is 5.95. The number of aryl methyl sites for hydroxylation is 1.